The average molecular weight is 673 g/mol. The van der Waals surface area contributed by atoms with E-state index in [1.807, 2.05) is 12.1 Å². The van der Waals surface area contributed by atoms with E-state index in [1.54, 1.807) is 0 Å². The minimum Gasteiger partial charge on any atom is -0.366 e. The van der Waals surface area contributed by atoms with E-state index in [0.29, 0.717) is 0 Å². The summed E-state index contributed by atoms with van der Waals surface area (Å²) in [5.74, 6) is 0.00387. The normalized spacial score (nSPS) is 23.1. The van der Waals surface area contributed by atoms with Crippen molar-refractivity contribution in [3.8, 4) is 11.1 Å². The highest BCUT2D eigenvalue weighted by Crippen LogP contribution is 2.33. The number of rotatable bonds is 9. The van der Waals surface area contributed by atoms with Crippen LogP contribution in [0.15, 0.2) is 151 Å². The summed E-state index contributed by atoms with van der Waals surface area (Å²) in [6, 6.07) is 32.3. The van der Waals surface area contributed by atoms with Gasteiger partial charge >= 0.3 is 0 Å². The van der Waals surface area contributed by atoms with Crippen LogP contribution in [-0.2, 0) is 4.74 Å². The fourth-order valence-electron chi connectivity index (χ4n) is 7.91. The van der Waals surface area contributed by atoms with E-state index in [1.165, 1.54) is 57.1 Å². The van der Waals surface area contributed by atoms with Crippen LogP contribution in [0.2, 0.25) is 0 Å². The molecule has 5 heteroatoms. The van der Waals surface area contributed by atoms with Crippen LogP contribution >= 0.6 is 0 Å². The predicted molar refractivity (Wildman–Crippen MR) is 212 cm³/mol. The highest BCUT2D eigenvalue weighted by Gasteiger charge is 2.28. The molecule has 5 nitrogen and oxygen atoms in total. The van der Waals surface area contributed by atoms with Crippen molar-refractivity contribution < 1.29 is 4.74 Å². The molecule has 0 aromatic heterocycles. The zero-order chi connectivity index (χ0) is 34.6. The van der Waals surface area contributed by atoms with Crippen molar-refractivity contribution in [2.24, 2.45) is 17.4 Å². The Labute approximate surface area is 302 Å². The summed E-state index contributed by atoms with van der Waals surface area (Å²) in [6.07, 6.45) is 25.0. The Bertz CT molecular complexity index is 2060. The van der Waals surface area contributed by atoms with Crippen molar-refractivity contribution in [2.45, 2.75) is 69.6 Å². The third-order valence-electron chi connectivity index (χ3n) is 10.8. The Morgan fingerprint density at radius 2 is 1.59 bits per heavy atom. The van der Waals surface area contributed by atoms with Gasteiger partial charge in [-0.25, -0.2) is 0 Å². The van der Waals surface area contributed by atoms with Crippen molar-refractivity contribution in [1.82, 2.24) is 10.6 Å². The maximum Gasteiger partial charge on any atom is 0.133 e. The lowest BCUT2D eigenvalue weighted by molar-refractivity contribution is -0.0278. The minimum absolute atomic E-state index is 0.00387. The van der Waals surface area contributed by atoms with E-state index in [2.05, 4.69) is 138 Å². The summed E-state index contributed by atoms with van der Waals surface area (Å²) in [5, 5.41) is 10.2. The molecule has 0 amide bonds. The van der Waals surface area contributed by atoms with Crippen LogP contribution in [0.3, 0.4) is 0 Å². The lowest BCUT2D eigenvalue weighted by Gasteiger charge is -2.36. The average Bonchev–Trinajstić information content (AvgIpc) is 3.21. The number of nitrogens with one attached hydrogen (secondary N) is 2. The van der Waals surface area contributed by atoms with Crippen molar-refractivity contribution in [3.05, 3.63) is 167 Å². The van der Waals surface area contributed by atoms with Gasteiger partial charge in [-0.05, 0) is 112 Å². The molecule has 4 aromatic carbocycles. The van der Waals surface area contributed by atoms with Crippen LogP contribution in [-0.4, -0.2) is 18.4 Å². The summed E-state index contributed by atoms with van der Waals surface area (Å²) >= 11 is 0. The third-order valence-corrected chi connectivity index (χ3v) is 10.8. The molecule has 0 spiro atoms. The molecule has 0 saturated carbocycles. The Hall–Kier alpha value is -4.78. The van der Waals surface area contributed by atoms with E-state index in [-0.39, 0.29) is 18.1 Å². The van der Waals surface area contributed by atoms with E-state index in [0.717, 1.165) is 48.8 Å². The molecule has 0 bridgehead atoms. The van der Waals surface area contributed by atoms with Crippen LogP contribution in [0.1, 0.15) is 67.9 Å². The number of allylic oxidation sites excluding steroid dienone is 7. The lowest BCUT2D eigenvalue weighted by Crippen LogP contribution is -2.52. The first-order valence-electron chi connectivity index (χ1n) is 18.6. The summed E-state index contributed by atoms with van der Waals surface area (Å²) < 4.78 is 6.27. The molecule has 51 heavy (non-hydrogen) atoms. The molecule has 0 fully saturated rings. The molecule has 5 atom stereocenters. The molecular weight excluding hydrogens is 625 g/mol. The topological polar surface area (TPSA) is 85.3 Å². The Kier molecular flexibility index (Phi) is 9.96. The number of fused-ring (bicyclic) bond motifs is 1. The van der Waals surface area contributed by atoms with Gasteiger partial charge in [0.15, 0.2) is 0 Å². The van der Waals surface area contributed by atoms with Gasteiger partial charge in [0.05, 0.1) is 12.2 Å². The lowest BCUT2D eigenvalue weighted by atomic mass is 9.89. The molecule has 5 unspecified atom stereocenters. The molecule has 1 aliphatic heterocycles. The Balaban J connectivity index is 0.978. The van der Waals surface area contributed by atoms with E-state index in [9.17, 15) is 0 Å². The molecule has 0 saturated heterocycles. The molecule has 8 rings (SSSR count). The first-order valence-corrected chi connectivity index (χ1v) is 18.6. The summed E-state index contributed by atoms with van der Waals surface area (Å²) in [4.78, 5) is 0. The standard InChI is InChI=1S/C46H48N4O/c47-44(34-26-24-32(25-27-34)41-23-11-17-31-12-7-8-22-40(31)41)51-45(48)39-21-10-19-37(29-39)36-18-9-20-38(28-36)43-30-42(33-13-3-1-4-14-33)49-46(50-43)35-15-5-2-6-16-35/h1,3,7-13,15,17-20,22-30,39,42,44-46,49-50H,2,4-6,14,16,21,47-48H2. The fourth-order valence-corrected chi connectivity index (χ4v) is 7.91. The minimum atomic E-state index is -0.625. The van der Waals surface area contributed by atoms with Gasteiger partial charge in [0, 0.05) is 11.6 Å². The highest BCUT2D eigenvalue weighted by molar-refractivity contribution is 5.96. The summed E-state index contributed by atoms with van der Waals surface area (Å²) in [6.45, 7) is 0. The molecule has 4 aromatic rings. The number of ether oxygens (including phenoxy) is 1. The second kappa shape index (κ2) is 15.2. The van der Waals surface area contributed by atoms with Crippen molar-refractivity contribution in [3.63, 3.8) is 0 Å². The zero-order valence-electron chi connectivity index (χ0n) is 29.2. The smallest absolute Gasteiger partial charge is 0.133 e. The van der Waals surface area contributed by atoms with Gasteiger partial charge < -0.3 is 21.5 Å². The SMILES string of the molecule is NC(OC(N)C1C=C(c2cccc(C3=CC(C4=CC=CCC4)NC(C4=CCCCC4)N3)c2)C=CC1)c1ccc(-c2cccc3ccccc23)cc1. The number of nitrogens with two attached hydrogens (primary N) is 2. The maximum atomic E-state index is 6.71. The maximum absolute atomic E-state index is 6.71. The molecule has 258 valence electrons. The van der Waals surface area contributed by atoms with E-state index in [4.69, 9.17) is 16.2 Å². The van der Waals surface area contributed by atoms with Crippen LogP contribution in [0.5, 0.6) is 0 Å². The second-order valence-corrected chi connectivity index (χ2v) is 14.2. The van der Waals surface area contributed by atoms with Gasteiger partial charge in [-0.15, -0.1) is 0 Å². The largest absolute Gasteiger partial charge is 0.366 e. The van der Waals surface area contributed by atoms with Crippen molar-refractivity contribution >= 4 is 22.0 Å². The van der Waals surface area contributed by atoms with Gasteiger partial charge in [-0.2, -0.15) is 0 Å². The van der Waals surface area contributed by atoms with Crippen LogP contribution < -0.4 is 22.1 Å². The second-order valence-electron chi connectivity index (χ2n) is 14.2. The molecular formula is C46H48N4O. The number of hydrogen-bond donors (Lipinski definition) is 4. The third kappa shape index (κ3) is 7.49. The highest BCUT2D eigenvalue weighted by atomic mass is 16.5. The van der Waals surface area contributed by atoms with Gasteiger partial charge in [0.2, 0.25) is 0 Å². The summed E-state index contributed by atoms with van der Waals surface area (Å²) in [7, 11) is 0. The Morgan fingerprint density at radius 1 is 0.745 bits per heavy atom. The fraction of sp³-hybridized carbons (Fsp3) is 0.261. The first kappa shape index (κ1) is 33.4. The molecule has 3 aliphatic carbocycles. The van der Waals surface area contributed by atoms with Gasteiger partial charge in [0.1, 0.15) is 12.5 Å². The molecule has 6 N–H and O–H groups in total. The Morgan fingerprint density at radius 3 is 2.43 bits per heavy atom. The monoisotopic (exact) mass is 672 g/mol. The number of benzene rings is 4. The van der Waals surface area contributed by atoms with Crippen LogP contribution in [0.4, 0.5) is 0 Å². The van der Waals surface area contributed by atoms with Crippen molar-refractivity contribution in [2.75, 3.05) is 0 Å². The van der Waals surface area contributed by atoms with Gasteiger partial charge in [-0.3, -0.25) is 5.32 Å². The summed E-state index contributed by atoms with van der Waals surface area (Å²) in [5.41, 5.74) is 24.2. The molecule has 4 aliphatic rings. The van der Waals surface area contributed by atoms with Gasteiger partial charge in [-0.1, -0.05) is 127 Å². The number of hydrogen-bond acceptors (Lipinski definition) is 5. The molecule has 0 radical (unpaired) electrons. The van der Waals surface area contributed by atoms with Crippen LogP contribution in [0.25, 0.3) is 33.2 Å². The zero-order valence-corrected chi connectivity index (χ0v) is 29.2. The quantitative estimate of drug-likeness (QED) is 0.105. The first-order chi connectivity index (χ1) is 25.1. The van der Waals surface area contributed by atoms with Crippen molar-refractivity contribution in [1.29, 1.82) is 0 Å². The van der Waals surface area contributed by atoms with E-state index < -0.39 is 12.5 Å². The van der Waals surface area contributed by atoms with Gasteiger partial charge in [0.25, 0.3) is 0 Å². The van der Waals surface area contributed by atoms with Crippen LogP contribution in [0, 0.1) is 5.92 Å². The predicted octanol–water partition coefficient (Wildman–Crippen LogP) is 9.43. The molecule has 1 heterocycles. The van der Waals surface area contributed by atoms with E-state index >= 15 is 0 Å².